The van der Waals surface area contributed by atoms with Gasteiger partial charge in [-0.15, -0.1) is 0 Å². The minimum Gasteiger partial charge on any atom is -0.456 e. The second kappa shape index (κ2) is 7.32. The number of rotatable bonds is 6. The van der Waals surface area contributed by atoms with Crippen molar-refractivity contribution in [1.82, 2.24) is 9.55 Å². The van der Waals surface area contributed by atoms with E-state index >= 15 is 0 Å². The number of benzene rings is 2. The molecule has 2 aromatic carbocycles. The summed E-state index contributed by atoms with van der Waals surface area (Å²) < 4.78 is 11.0. The molecule has 0 atom stereocenters. The zero-order valence-corrected chi connectivity index (χ0v) is 15.7. The van der Waals surface area contributed by atoms with E-state index in [-0.39, 0.29) is 22.6 Å². The number of H-pyrrole nitrogens is 1. The van der Waals surface area contributed by atoms with Crippen LogP contribution in [0.25, 0.3) is 22.0 Å². The Bertz CT molecular complexity index is 1380. The molecule has 0 bridgehead atoms. The van der Waals surface area contributed by atoms with Gasteiger partial charge in [0, 0.05) is 28.2 Å². The van der Waals surface area contributed by atoms with Crippen LogP contribution in [0.15, 0.2) is 51.7 Å². The largest absolute Gasteiger partial charge is 0.456 e. The van der Waals surface area contributed by atoms with E-state index in [9.17, 15) is 24.5 Å². The Morgan fingerprint density at radius 2 is 2.00 bits per heavy atom. The maximum atomic E-state index is 12.6. The number of hydrogen-bond donors (Lipinski definition) is 1. The molecule has 0 aliphatic heterocycles. The van der Waals surface area contributed by atoms with E-state index in [1.165, 1.54) is 12.1 Å². The van der Waals surface area contributed by atoms with Gasteiger partial charge in [0.1, 0.15) is 6.54 Å². The third-order valence-electron chi connectivity index (χ3n) is 4.69. The van der Waals surface area contributed by atoms with Crippen LogP contribution in [0.2, 0.25) is 0 Å². The second-order valence-corrected chi connectivity index (χ2v) is 6.62. The first-order valence-electron chi connectivity index (χ1n) is 8.89. The number of carbonyl (C=O) groups is 2. The van der Waals surface area contributed by atoms with Crippen molar-refractivity contribution in [1.29, 1.82) is 0 Å². The number of fused-ring (bicyclic) bond motifs is 2. The van der Waals surface area contributed by atoms with E-state index in [4.69, 9.17) is 9.15 Å². The van der Waals surface area contributed by atoms with Crippen LogP contribution in [-0.4, -0.2) is 32.8 Å². The summed E-state index contributed by atoms with van der Waals surface area (Å²) in [5.41, 5.74) is 1.85. The summed E-state index contributed by atoms with van der Waals surface area (Å²) in [5.74, 6) is -2.05. The van der Waals surface area contributed by atoms with Gasteiger partial charge in [0.15, 0.2) is 12.2 Å². The molecule has 0 saturated heterocycles. The highest BCUT2D eigenvalue weighted by Gasteiger charge is 2.20. The molecule has 2 heterocycles. The number of nitro groups is 1. The molecule has 4 rings (SSSR count). The maximum absolute atomic E-state index is 12.6. The molecule has 10 heteroatoms. The number of ketones is 1. The molecule has 0 aliphatic rings. The lowest BCUT2D eigenvalue weighted by molar-refractivity contribution is -0.384. The monoisotopic (exact) mass is 409 g/mol. The lowest BCUT2D eigenvalue weighted by atomic mass is 10.1. The fourth-order valence-electron chi connectivity index (χ4n) is 3.35. The van der Waals surface area contributed by atoms with Crippen molar-refractivity contribution in [3.63, 3.8) is 0 Å². The van der Waals surface area contributed by atoms with E-state index in [2.05, 4.69) is 4.98 Å². The summed E-state index contributed by atoms with van der Waals surface area (Å²) in [4.78, 5) is 50.1. The van der Waals surface area contributed by atoms with Crippen molar-refractivity contribution in [3.8, 4) is 0 Å². The second-order valence-electron chi connectivity index (χ2n) is 6.62. The number of carbonyl (C=O) groups excluding carboxylic acids is 2. The van der Waals surface area contributed by atoms with E-state index in [0.29, 0.717) is 11.3 Å². The molecule has 30 heavy (non-hydrogen) atoms. The molecule has 0 aliphatic carbocycles. The molecule has 0 unspecified atom stereocenters. The van der Waals surface area contributed by atoms with Crippen molar-refractivity contribution < 1.29 is 23.7 Å². The number of hydrogen-bond acceptors (Lipinski definition) is 7. The van der Waals surface area contributed by atoms with Gasteiger partial charge in [-0.25, -0.2) is 4.79 Å². The number of nitrogens with zero attached hydrogens (tertiary/aromatic N) is 2. The minimum absolute atomic E-state index is 0.0208. The van der Waals surface area contributed by atoms with Crippen molar-refractivity contribution in [2.24, 2.45) is 0 Å². The summed E-state index contributed by atoms with van der Waals surface area (Å²) >= 11 is 0. The highest BCUT2D eigenvalue weighted by atomic mass is 16.6. The number of aryl methyl sites for hydroxylation is 1. The predicted molar refractivity (Wildman–Crippen MR) is 105 cm³/mol. The molecule has 0 radical (unpaired) electrons. The number of nitrogens with one attached hydrogen (secondary N) is 1. The Morgan fingerprint density at radius 1 is 1.23 bits per heavy atom. The van der Waals surface area contributed by atoms with Gasteiger partial charge in [-0.05, 0) is 19.1 Å². The molecule has 152 valence electrons. The van der Waals surface area contributed by atoms with Gasteiger partial charge in [-0.2, -0.15) is 0 Å². The summed E-state index contributed by atoms with van der Waals surface area (Å²) in [6.07, 6.45) is 0. The van der Waals surface area contributed by atoms with Gasteiger partial charge in [0.2, 0.25) is 5.78 Å². The fraction of sp³-hybridized carbons (Fsp3) is 0.150. The quantitative estimate of drug-likeness (QED) is 0.224. The van der Waals surface area contributed by atoms with Gasteiger partial charge < -0.3 is 14.1 Å². The highest BCUT2D eigenvalue weighted by Crippen LogP contribution is 2.23. The number of esters is 1. The first kappa shape index (κ1) is 19.1. The number of oxazole rings is 1. The Labute approximate surface area is 167 Å². The van der Waals surface area contributed by atoms with Crippen molar-refractivity contribution >= 4 is 39.4 Å². The average molecular weight is 409 g/mol. The molecular formula is C20H15N3O7. The van der Waals surface area contributed by atoms with Crippen LogP contribution in [0.1, 0.15) is 16.1 Å². The van der Waals surface area contributed by atoms with E-state index in [1.54, 1.807) is 19.1 Å². The Kier molecular flexibility index (Phi) is 4.66. The van der Waals surface area contributed by atoms with Gasteiger partial charge in [0.25, 0.3) is 5.69 Å². The predicted octanol–water partition coefficient (Wildman–Crippen LogP) is 2.72. The molecule has 0 fully saturated rings. The third kappa shape index (κ3) is 3.34. The van der Waals surface area contributed by atoms with Gasteiger partial charge >= 0.3 is 11.7 Å². The Balaban J connectivity index is 1.49. The van der Waals surface area contributed by atoms with Gasteiger partial charge in [-0.3, -0.25) is 24.3 Å². The molecule has 10 nitrogen and oxygen atoms in total. The standard InChI is InChI=1S/C20H15N3O7/c1-11-19(13-4-2-3-5-14(13)21-11)16(24)10-29-18(25)9-22-15-7-6-12(23(27)28)8-17(15)30-20(22)26/h2-8,21H,9-10H2,1H3. The van der Waals surface area contributed by atoms with Crippen LogP contribution in [0, 0.1) is 17.0 Å². The van der Waals surface area contributed by atoms with Crippen LogP contribution in [0.5, 0.6) is 0 Å². The fourth-order valence-corrected chi connectivity index (χ4v) is 3.35. The molecule has 4 aromatic rings. The summed E-state index contributed by atoms with van der Waals surface area (Å²) in [7, 11) is 0. The van der Waals surface area contributed by atoms with Crippen molar-refractivity contribution in [3.05, 3.63) is 74.4 Å². The van der Waals surface area contributed by atoms with Crippen LogP contribution >= 0.6 is 0 Å². The maximum Gasteiger partial charge on any atom is 0.420 e. The lowest BCUT2D eigenvalue weighted by Gasteiger charge is -2.05. The zero-order chi connectivity index (χ0) is 21.4. The lowest BCUT2D eigenvalue weighted by Crippen LogP contribution is -2.23. The normalized spacial score (nSPS) is 11.1. The van der Waals surface area contributed by atoms with Crippen LogP contribution in [-0.2, 0) is 16.1 Å². The molecule has 0 spiro atoms. The summed E-state index contributed by atoms with van der Waals surface area (Å²) in [5, 5.41) is 11.6. The smallest absolute Gasteiger partial charge is 0.420 e. The van der Waals surface area contributed by atoms with Crippen LogP contribution in [0.4, 0.5) is 5.69 Å². The Morgan fingerprint density at radius 3 is 2.77 bits per heavy atom. The van der Waals surface area contributed by atoms with Gasteiger partial charge in [-0.1, -0.05) is 18.2 Å². The topological polar surface area (TPSA) is 137 Å². The van der Waals surface area contributed by atoms with E-state index in [0.717, 1.165) is 21.5 Å². The number of aromatic nitrogens is 2. The molecule has 0 saturated carbocycles. The molecule has 2 aromatic heterocycles. The summed E-state index contributed by atoms with van der Waals surface area (Å²) in [6, 6.07) is 10.9. The average Bonchev–Trinajstić information content (AvgIpc) is 3.21. The van der Waals surface area contributed by atoms with Crippen molar-refractivity contribution in [2.45, 2.75) is 13.5 Å². The molecule has 0 amide bonds. The van der Waals surface area contributed by atoms with Crippen LogP contribution in [0.3, 0.4) is 0 Å². The van der Waals surface area contributed by atoms with E-state index < -0.39 is 29.8 Å². The number of aromatic amines is 1. The third-order valence-corrected chi connectivity index (χ3v) is 4.69. The van der Waals surface area contributed by atoms with Gasteiger partial charge in [0.05, 0.1) is 16.5 Å². The SMILES string of the molecule is Cc1[nH]c2ccccc2c1C(=O)COC(=O)Cn1c(=O)oc2cc([N+](=O)[O-])ccc21. The number of Topliss-reactive ketones (excluding diaryl/α,β-unsaturated/α-hetero) is 1. The van der Waals surface area contributed by atoms with Crippen LogP contribution < -0.4 is 5.76 Å². The van der Waals surface area contributed by atoms with E-state index in [1.807, 2.05) is 12.1 Å². The Hall–Kier alpha value is -4.21. The number of nitro benzene ring substituents is 1. The highest BCUT2D eigenvalue weighted by molar-refractivity contribution is 6.10. The zero-order valence-electron chi connectivity index (χ0n) is 15.7. The molecular weight excluding hydrogens is 394 g/mol. The minimum atomic E-state index is -0.860. The first-order chi connectivity index (χ1) is 14.3. The number of ether oxygens (including phenoxy) is 1. The number of non-ortho nitro benzene ring substituents is 1. The number of para-hydroxylation sites is 1. The van der Waals surface area contributed by atoms with Crippen molar-refractivity contribution in [2.75, 3.05) is 6.61 Å². The summed E-state index contributed by atoms with van der Waals surface area (Å²) in [6.45, 7) is 0.771. The first-order valence-corrected chi connectivity index (χ1v) is 8.89. The molecule has 1 N–H and O–H groups in total.